The molecule has 0 unspecified atom stereocenters. The van der Waals surface area contributed by atoms with E-state index in [1.807, 2.05) is 20.8 Å². The van der Waals surface area contributed by atoms with Crippen molar-refractivity contribution in [1.29, 1.82) is 10.8 Å². The SMILES string of the molecule is CC(C)NC(=O)CC(=N)/C=C\Nc1cc(O[C@@H](C)[C@@H]2CCCN2C)nc(C(=N)C2=C(O)[C@@]3(CCC2)CCCc2sc(N)c(N)c23)n1. The van der Waals surface area contributed by atoms with Crippen molar-refractivity contribution in [3.05, 3.63) is 45.9 Å². The summed E-state index contributed by atoms with van der Waals surface area (Å²) in [6.07, 6.45) is 9.50. The number of nitrogens with zero attached hydrogens (tertiary/aromatic N) is 3. The van der Waals surface area contributed by atoms with E-state index < -0.39 is 5.41 Å². The van der Waals surface area contributed by atoms with E-state index in [4.69, 9.17) is 21.6 Å². The second kappa shape index (κ2) is 13.8. The van der Waals surface area contributed by atoms with Gasteiger partial charge in [0.15, 0.2) is 5.82 Å². The molecule has 5 rings (SSSR count). The van der Waals surface area contributed by atoms with Crippen molar-refractivity contribution in [3.63, 3.8) is 0 Å². The first-order valence-corrected chi connectivity index (χ1v) is 17.0. The molecule has 1 spiro atoms. The third kappa shape index (κ3) is 6.90. The molecule has 1 fully saturated rings. The van der Waals surface area contributed by atoms with E-state index in [0.29, 0.717) is 34.4 Å². The van der Waals surface area contributed by atoms with Crippen LogP contribution in [0.1, 0.15) is 88.4 Å². The summed E-state index contributed by atoms with van der Waals surface area (Å²) in [5.74, 6) is 0.740. The van der Waals surface area contributed by atoms with Gasteiger partial charge in [0, 0.05) is 46.1 Å². The highest BCUT2D eigenvalue weighted by Crippen LogP contribution is 2.55. The molecule has 46 heavy (non-hydrogen) atoms. The van der Waals surface area contributed by atoms with E-state index in [1.165, 1.54) is 17.4 Å². The number of fused-ring (bicyclic) bond motifs is 2. The Balaban J connectivity index is 1.45. The number of rotatable bonds is 11. The highest BCUT2D eigenvalue weighted by atomic mass is 32.1. The third-order valence-electron chi connectivity index (χ3n) is 9.27. The topological polar surface area (TPSA) is 199 Å². The molecule has 1 saturated heterocycles. The van der Waals surface area contributed by atoms with Crippen LogP contribution in [0.3, 0.4) is 0 Å². The van der Waals surface area contributed by atoms with Gasteiger partial charge in [-0.05, 0) is 91.8 Å². The number of aliphatic hydroxyl groups excluding tert-OH is 1. The van der Waals surface area contributed by atoms with Crippen molar-refractivity contribution in [2.45, 2.75) is 102 Å². The van der Waals surface area contributed by atoms with Crippen molar-refractivity contribution >= 4 is 45.2 Å². The van der Waals surface area contributed by atoms with Gasteiger partial charge in [0.2, 0.25) is 11.8 Å². The molecule has 248 valence electrons. The van der Waals surface area contributed by atoms with Crippen LogP contribution in [0.5, 0.6) is 5.88 Å². The summed E-state index contributed by atoms with van der Waals surface area (Å²) in [7, 11) is 2.09. The molecule has 0 saturated carbocycles. The summed E-state index contributed by atoms with van der Waals surface area (Å²) in [5.41, 5.74) is 14.2. The second-order valence-corrected chi connectivity index (χ2v) is 14.1. The Labute approximate surface area is 274 Å². The van der Waals surface area contributed by atoms with Crippen molar-refractivity contribution in [1.82, 2.24) is 20.2 Å². The number of carbonyl (C=O) groups excluding carboxylic acids is 1. The van der Waals surface area contributed by atoms with Crippen LogP contribution in [-0.4, -0.2) is 69.1 Å². The molecule has 2 aromatic heterocycles. The molecular weight excluding hydrogens is 602 g/mol. The highest BCUT2D eigenvalue weighted by Gasteiger charge is 2.47. The molecule has 3 atom stereocenters. The number of aromatic nitrogens is 2. The van der Waals surface area contributed by atoms with Crippen molar-refractivity contribution in [3.8, 4) is 5.88 Å². The van der Waals surface area contributed by atoms with Crippen LogP contribution in [0.4, 0.5) is 16.5 Å². The average Bonchev–Trinajstić information content (AvgIpc) is 3.56. The number of amides is 1. The Kier molecular flexibility index (Phi) is 10.0. The third-order valence-corrected chi connectivity index (χ3v) is 10.4. The molecule has 0 radical (unpaired) electrons. The highest BCUT2D eigenvalue weighted by molar-refractivity contribution is 7.16. The fourth-order valence-electron chi connectivity index (χ4n) is 7.15. The fourth-order valence-corrected chi connectivity index (χ4v) is 8.28. The van der Waals surface area contributed by atoms with Gasteiger partial charge in [-0.3, -0.25) is 15.1 Å². The molecule has 2 aromatic rings. The summed E-state index contributed by atoms with van der Waals surface area (Å²) >= 11 is 1.50. The lowest BCUT2D eigenvalue weighted by molar-refractivity contribution is -0.120. The maximum Gasteiger partial charge on any atom is 0.226 e. The maximum absolute atomic E-state index is 12.1. The molecule has 0 aromatic carbocycles. The first-order valence-electron chi connectivity index (χ1n) is 16.1. The van der Waals surface area contributed by atoms with Gasteiger partial charge in [-0.2, -0.15) is 4.98 Å². The summed E-state index contributed by atoms with van der Waals surface area (Å²) in [5, 5.41) is 35.8. The normalized spacial score (nSPS) is 22.3. The zero-order valence-corrected chi connectivity index (χ0v) is 28.0. The number of ether oxygens (including phenoxy) is 1. The number of allylic oxidation sites excluding steroid dienone is 3. The minimum atomic E-state index is -0.673. The first-order chi connectivity index (χ1) is 21.9. The van der Waals surface area contributed by atoms with Gasteiger partial charge in [0.05, 0.1) is 17.5 Å². The van der Waals surface area contributed by atoms with E-state index >= 15 is 0 Å². The van der Waals surface area contributed by atoms with Crippen molar-refractivity contribution < 1.29 is 14.6 Å². The van der Waals surface area contributed by atoms with Crippen LogP contribution in [-0.2, 0) is 16.6 Å². The number of nitrogens with one attached hydrogen (secondary N) is 4. The van der Waals surface area contributed by atoms with Gasteiger partial charge < -0.3 is 37.4 Å². The van der Waals surface area contributed by atoms with Crippen LogP contribution < -0.4 is 26.8 Å². The smallest absolute Gasteiger partial charge is 0.226 e. The Morgan fingerprint density at radius 2 is 1.96 bits per heavy atom. The number of likely N-dealkylation sites (tertiary alicyclic amines) is 1. The first kappa shape index (κ1) is 33.4. The predicted molar refractivity (Wildman–Crippen MR) is 184 cm³/mol. The number of carbonyl (C=O) groups is 1. The molecule has 13 heteroatoms. The van der Waals surface area contributed by atoms with Crippen LogP contribution in [0.2, 0.25) is 0 Å². The van der Waals surface area contributed by atoms with E-state index in [9.17, 15) is 15.3 Å². The number of aliphatic hydroxyl groups is 1. The van der Waals surface area contributed by atoms with Crippen LogP contribution in [0.25, 0.3) is 0 Å². The Bertz CT molecular complexity index is 1570. The van der Waals surface area contributed by atoms with Gasteiger partial charge in [-0.25, -0.2) is 4.98 Å². The van der Waals surface area contributed by atoms with Gasteiger partial charge in [0.1, 0.15) is 28.4 Å². The van der Waals surface area contributed by atoms with E-state index in [1.54, 1.807) is 12.3 Å². The minimum Gasteiger partial charge on any atom is -0.511 e. The summed E-state index contributed by atoms with van der Waals surface area (Å²) in [6.45, 7) is 6.77. The summed E-state index contributed by atoms with van der Waals surface area (Å²) in [4.78, 5) is 24.8. The summed E-state index contributed by atoms with van der Waals surface area (Å²) in [6, 6.07) is 1.90. The zero-order chi connectivity index (χ0) is 33.2. The molecule has 3 heterocycles. The average molecular weight is 650 g/mol. The standard InChI is InChI=1S/C33H47N9O3S/c1-18(2)39-25(43)16-20(34)11-14-38-24-17-26(45-19(3)22-9-7-15-42(22)4)41-32(40-24)28(35)21-8-5-12-33(30(21)44)13-6-10-23-27(33)29(36)31(37)46-23/h11,14,17-19,22,34-35,44H,5-10,12-13,15-16,36-37H2,1-4H3,(H,39,43)(H,38,40,41)/b14-11-,34-20?,35-28?/t19-,22-,33-/m0/s1. The molecule has 1 aliphatic heterocycles. The number of nitrogens with two attached hydrogens (primary N) is 2. The maximum atomic E-state index is 12.1. The van der Waals surface area contributed by atoms with Gasteiger partial charge in [0.25, 0.3) is 0 Å². The molecule has 2 aliphatic carbocycles. The Hall–Kier alpha value is -3.97. The number of hydrogen-bond donors (Lipinski definition) is 7. The van der Waals surface area contributed by atoms with E-state index in [2.05, 4.69) is 32.5 Å². The van der Waals surface area contributed by atoms with Crippen LogP contribution in [0, 0.1) is 10.8 Å². The lowest BCUT2D eigenvalue weighted by Crippen LogP contribution is -2.38. The number of thiophene rings is 1. The number of hydrogen-bond acceptors (Lipinski definition) is 12. The van der Waals surface area contributed by atoms with E-state index in [-0.39, 0.29) is 53.5 Å². The fraction of sp³-hybridized carbons (Fsp3) is 0.545. The molecule has 12 nitrogen and oxygen atoms in total. The van der Waals surface area contributed by atoms with E-state index in [0.717, 1.165) is 61.9 Å². The lowest BCUT2D eigenvalue weighted by Gasteiger charge is -2.41. The lowest BCUT2D eigenvalue weighted by atomic mass is 9.63. The van der Waals surface area contributed by atoms with Crippen LogP contribution in [0.15, 0.2) is 29.7 Å². The largest absolute Gasteiger partial charge is 0.511 e. The second-order valence-electron chi connectivity index (χ2n) is 13.0. The zero-order valence-electron chi connectivity index (χ0n) is 27.2. The number of likely N-dealkylation sites (N-methyl/N-ethyl adjacent to an activating group) is 1. The van der Waals surface area contributed by atoms with Gasteiger partial charge >= 0.3 is 0 Å². The molecule has 3 aliphatic rings. The number of nitrogen functional groups attached to an aromatic ring is 2. The van der Waals surface area contributed by atoms with Gasteiger partial charge in [-0.15, -0.1) is 11.3 Å². The monoisotopic (exact) mass is 649 g/mol. The number of aryl methyl sites for hydroxylation is 1. The molecule has 9 N–H and O–H groups in total. The Morgan fingerprint density at radius 3 is 2.65 bits per heavy atom. The molecule has 0 bridgehead atoms. The quantitative estimate of drug-likeness (QED) is 0.163. The Morgan fingerprint density at radius 1 is 1.22 bits per heavy atom. The summed E-state index contributed by atoms with van der Waals surface area (Å²) < 4.78 is 6.35. The molecular formula is C33H47N9O3S. The predicted octanol–water partition coefficient (Wildman–Crippen LogP) is 5.06. The van der Waals surface area contributed by atoms with Crippen LogP contribution >= 0.6 is 11.3 Å². The van der Waals surface area contributed by atoms with Crippen molar-refractivity contribution in [2.24, 2.45) is 0 Å². The molecule has 1 amide bonds. The van der Waals surface area contributed by atoms with Gasteiger partial charge in [-0.1, -0.05) is 0 Å². The van der Waals surface area contributed by atoms with Crippen molar-refractivity contribution in [2.75, 3.05) is 30.4 Å². The minimum absolute atomic E-state index is 0.00325. The number of anilines is 3.